The van der Waals surface area contributed by atoms with Gasteiger partial charge in [-0.05, 0) is 92.5 Å². The molecule has 1 saturated heterocycles. The highest BCUT2D eigenvalue weighted by Gasteiger charge is 2.49. The first-order chi connectivity index (χ1) is 16.2. The van der Waals surface area contributed by atoms with Gasteiger partial charge in [0.05, 0.1) is 6.61 Å². The van der Waals surface area contributed by atoms with Crippen molar-refractivity contribution in [3.63, 3.8) is 0 Å². The molecule has 4 bridgehead atoms. The van der Waals surface area contributed by atoms with E-state index < -0.39 is 0 Å². The van der Waals surface area contributed by atoms with E-state index in [9.17, 15) is 4.79 Å². The van der Waals surface area contributed by atoms with Gasteiger partial charge in [-0.3, -0.25) is 4.79 Å². The third-order valence-electron chi connectivity index (χ3n) is 8.17. The molecule has 1 aliphatic heterocycles. The standard InChI is InChI=1S/C26H33N3O3S/c30-25(28-22-19-10-17-9-18(12-19)13-20(22)11-17)23-24(33-21-6-2-1-3-7-21)26(29-32-23)31-15-16-5-4-8-27-14-16/h1-3,6-7,16-20,22,27H,4-5,8-15H2,(H,28,30). The number of benzene rings is 1. The molecule has 5 fully saturated rings. The summed E-state index contributed by atoms with van der Waals surface area (Å²) in [5, 5.41) is 11.0. The van der Waals surface area contributed by atoms with Crippen molar-refractivity contribution in [2.75, 3.05) is 19.7 Å². The second kappa shape index (κ2) is 9.34. The smallest absolute Gasteiger partial charge is 0.291 e. The SMILES string of the molecule is O=C(NC1C2CC3CC(C2)CC1C3)c1onc(OCC2CCCNC2)c1Sc1ccccc1. The van der Waals surface area contributed by atoms with Crippen LogP contribution in [0.3, 0.4) is 0 Å². The zero-order valence-corrected chi connectivity index (χ0v) is 19.8. The lowest BCUT2D eigenvalue weighted by Gasteiger charge is -2.54. The Kier molecular flexibility index (Phi) is 6.09. The largest absolute Gasteiger partial charge is 0.474 e. The average Bonchev–Trinajstić information content (AvgIpc) is 3.23. The van der Waals surface area contributed by atoms with Crippen LogP contribution in [0.25, 0.3) is 0 Å². The summed E-state index contributed by atoms with van der Waals surface area (Å²) in [5.41, 5.74) is 0. The molecule has 4 saturated carbocycles. The van der Waals surface area contributed by atoms with E-state index in [4.69, 9.17) is 9.26 Å². The Morgan fingerprint density at radius 2 is 1.88 bits per heavy atom. The monoisotopic (exact) mass is 467 g/mol. The van der Waals surface area contributed by atoms with E-state index in [1.165, 1.54) is 43.9 Å². The molecule has 1 amide bonds. The third-order valence-corrected chi connectivity index (χ3v) is 9.24. The molecule has 7 rings (SSSR count). The number of piperidine rings is 1. The maximum atomic E-state index is 13.4. The number of ether oxygens (including phenoxy) is 1. The molecule has 6 nitrogen and oxygen atoms in total. The van der Waals surface area contributed by atoms with Crippen molar-refractivity contribution in [1.82, 2.24) is 15.8 Å². The van der Waals surface area contributed by atoms with Crippen LogP contribution in [-0.2, 0) is 0 Å². The highest BCUT2D eigenvalue weighted by atomic mass is 32.2. The Bertz CT molecular complexity index is 944. The minimum Gasteiger partial charge on any atom is -0.474 e. The van der Waals surface area contributed by atoms with Gasteiger partial charge >= 0.3 is 0 Å². The summed E-state index contributed by atoms with van der Waals surface area (Å²) in [6, 6.07) is 10.3. The molecule has 0 radical (unpaired) electrons. The number of amides is 1. The van der Waals surface area contributed by atoms with E-state index in [0.29, 0.717) is 35.1 Å². The summed E-state index contributed by atoms with van der Waals surface area (Å²) < 4.78 is 11.8. The van der Waals surface area contributed by atoms with Crippen molar-refractivity contribution >= 4 is 17.7 Å². The predicted octanol–water partition coefficient (Wildman–Crippen LogP) is 4.76. The number of hydrogen-bond acceptors (Lipinski definition) is 6. The minimum absolute atomic E-state index is 0.146. The van der Waals surface area contributed by atoms with Gasteiger partial charge in [0.25, 0.3) is 11.8 Å². The highest BCUT2D eigenvalue weighted by molar-refractivity contribution is 7.99. The number of rotatable bonds is 7. The van der Waals surface area contributed by atoms with E-state index in [1.807, 2.05) is 30.3 Å². The molecule has 1 atom stereocenters. The number of nitrogens with zero attached hydrogens (tertiary/aromatic N) is 1. The van der Waals surface area contributed by atoms with Crippen molar-refractivity contribution in [2.45, 2.75) is 60.8 Å². The van der Waals surface area contributed by atoms with Gasteiger partial charge in [0.15, 0.2) is 0 Å². The number of aromatic nitrogens is 1. The van der Waals surface area contributed by atoms with Crippen molar-refractivity contribution in [3.05, 3.63) is 36.1 Å². The fourth-order valence-corrected chi connectivity index (χ4v) is 7.78. The topological polar surface area (TPSA) is 76.4 Å². The maximum Gasteiger partial charge on any atom is 0.291 e. The molecule has 176 valence electrons. The Morgan fingerprint density at radius 3 is 2.58 bits per heavy atom. The molecule has 5 aliphatic rings. The van der Waals surface area contributed by atoms with Crippen LogP contribution in [0.4, 0.5) is 0 Å². The van der Waals surface area contributed by atoms with E-state index in [2.05, 4.69) is 15.8 Å². The first-order valence-electron chi connectivity index (χ1n) is 12.6. The summed E-state index contributed by atoms with van der Waals surface area (Å²) in [4.78, 5) is 15.2. The zero-order valence-electron chi connectivity index (χ0n) is 19.0. The first-order valence-corrected chi connectivity index (χ1v) is 13.4. The Hall–Kier alpha value is -1.99. The van der Waals surface area contributed by atoms with Gasteiger partial charge in [-0.15, -0.1) is 0 Å². The number of carbonyl (C=O) groups is 1. The van der Waals surface area contributed by atoms with Gasteiger partial charge in [-0.1, -0.05) is 30.0 Å². The van der Waals surface area contributed by atoms with Crippen LogP contribution in [0.1, 0.15) is 55.5 Å². The van der Waals surface area contributed by atoms with Gasteiger partial charge in [0.2, 0.25) is 5.76 Å². The van der Waals surface area contributed by atoms with E-state index >= 15 is 0 Å². The molecule has 2 aromatic rings. The zero-order chi connectivity index (χ0) is 22.2. The van der Waals surface area contributed by atoms with E-state index in [1.54, 1.807) is 0 Å². The van der Waals surface area contributed by atoms with Crippen LogP contribution < -0.4 is 15.4 Å². The third kappa shape index (κ3) is 4.54. The number of hydrogen-bond donors (Lipinski definition) is 2. The normalized spacial score (nSPS) is 32.6. The molecular formula is C26H33N3O3S. The van der Waals surface area contributed by atoms with E-state index in [0.717, 1.165) is 42.7 Å². The summed E-state index contributed by atoms with van der Waals surface area (Å²) in [5.74, 6) is 4.02. The van der Waals surface area contributed by atoms with Crippen LogP contribution >= 0.6 is 11.8 Å². The van der Waals surface area contributed by atoms with Crippen LogP contribution in [0.5, 0.6) is 5.88 Å². The minimum atomic E-state index is -0.146. The van der Waals surface area contributed by atoms with Gasteiger partial charge in [-0.2, -0.15) is 0 Å². The summed E-state index contributed by atoms with van der Waals surface area (Å²) >= 11 is 1.50. The summed E-state index contributed by atoms with van der Waals surface area (Å²) in [7, 11) is 0. The highest BCUT2D eigenvalue weighted by Crippen LogP contribution is 2.53. The summed E-state index contributed by atoms with van der Waals surface area (Å²) in [6.45, 7) is 2.61. The van der Waals surface area contributed by atoms with Gasteiger partial charge in [0, 0.05) is 23.4 Å². The molecule has 4 aliphatic carbocycles. The van der Waals surface area contributed by atoms with Crippen molar-refractivity contribution in [3.8, 4) is 5.88 Å². The Labute approximate surface area is 199 Å². The maximum absolute atomic E-state index is 13.4. The van der Waals surface area contributed by atoms with Crippen LogP contribution in [-0.4, -0.2) is 36.8 Å². The second-order valence-electron chi connectivity index (χ2n) is 10.5. The van der Waals surface area contributed by atoms with Crippen molar-refractivity contribution in [1.29, 1.82) is 0 Å². The lowest BCUT2D eigenvalue weighted by Crippen LogP contribution is -2.55. The number of carbonyl (C=O) groups excluding carboxylic acids is 1. The molecule has 0 spiro atoms. The van der Waals surface area contributed by atoms with Crippen LogP contribution in [0.2, 0.25) is 0 Å². The molecule has 2 heterocycles. The predicted molar refractivity (Wildman–Crippen MR) is 126 cm³/mol. The summed E-state index contributed by atoms with van der Waals surface area (Å²) in [6.07, 6.45) is 8.79. The van der Waals surface area contributed by atoms with Crippen LogP contribution in [0, 0.1) is 29.6 Å². The van der Waals surface area contributed by atoms with Gasteiger partial charge in [-0.25, -0.2) is 0 Å². The van der Waals surface area contributed by atoms with Gasteiger partial charge < -0.3 is 19.9 Å². The Balaban J connectivity index is 1.20. The quantitative estimate of drug-likeness (QED) is 0.612. The fraction of sp³-hybridized carbons (Fsp3) is 0.615. The van der Waals surface area contributed by atoms with Crippen molar-refractivity contribution in [2.24, 2.45) is 29.6 Å². The molecule has 1 aromatic carbocycles. The number of nitrogens with one attached hydrogen (secondary N) is 2. The van der Waals surface area contributed by atoms with E-state index in [-0.39, 0.29) is 17.7 Å². The second-order valence-corrected chi connectivity index (χ2v) is 11.6. The Morgan fingerprint density at radius 1 is 1.12 bits per heavy atom. The van der Waals surface area contributed by atoms with Crippen LogP contribution in [0.15, 0.2) is 44.6 Å². The molecular weight excluding hydrogens is 434 g/mol. The first kappa shape index (κ1) is 21.5. The average molecular weight is 468 g/mol. The molecule has 2 N–H and O–H groups in total. The molecule has 1 unspecified atom stereocenters. The fourth-order valence-electron chi connectivity index (χ4n) is 6.84. The molecule has 1 aromatic heterocycles. The molecule has 7 heteroatoms. The lowest BCUT2D eigenvalue weighted by atomic mass is 9.54. The van der Waals surface area contributed by atoms with Crippen molar-refractivity contribution < 1.29 is 14.1 Å². The van der Waals surface area contributed by atoms with Gasteiger partial charge in [0.1, 0.15) is 4.90 Å². The lowest BCUT2D eigenvalue weighted by molar-refractivity contribution is -0.0124. The molecule has 33 heavy (non-hydrogen) atoms.